The number of amides is 2. The molecule has 0 bridgehead atoms. The summed E-state index contributed by atoms with van der Waals surface area (Å²) in [5.41, 5.74) is 1.13. The van der Waals surface area contributed by atoms with Gasteiger partial charge in [-0.1, -0.05) is 43.7 Å². The van der Waals surface area contributed by atoms with Crippen LogP contribution in [0.4, 0.5) is 4.79 Å². The molecule has 156 valence electrons. The van der Waals surface area contributed by atoms with Gasteiger partial charge in [0.15, 0.2) is 0 Å². The summed E-state index contributed by atoms with van der Waals surface area (Å²) < 4.78 is 5.21. The number of aliphatic carboxylic acids is 1. The molecule has 0 heterocycles. The molecule has 0 aliphatic carbocycles. The van der Waals surface area contributed by atoms with Crippen LogP contribution in [0.5, 0.6) is 0 Å². The number of alkyl carbamates (subject to hydrolysis) is 1. The van der Waals surface area contributed by atoms with Crippen molar-refractivity contribution in [2.24, 2.45) is 5.92 Å². The van der Waals surface area contributed by atoms with Gasteiger partial charge in [-0.3, -0.25) is 4.79 Å². The zero-order valence-corrected chi connectivity index (χ0v) is 17.5. The first-order chi connectivity index (χ1) is 12.9. The fraction of sp³-hybridized carbons (Fsp3) is 0.571. The predicted octanol–water partition coefficient (Wildman–Crippen LogP) is 3.05. The van der Waals surface area contributed by atoms with Gasteiger partial charge in [0.05, 0.1) is 0 Å². The fourth-order valence-corrected chi connectivity index (χ4v) is 2.70. The van der Waals surface area contributed by atoms with Gasteiger partial charge in [-0.25, -0.2) is 9.59 Å². The highest BCUT2D eigenvalue weighted by Crippen LogP contribution is 2.11. The van der Waals surface area contributed by atoms with Crippen molar-refractivity contribution >= 4 is 18.0 Å². The van der Waals surface area contributed by atoms with Gasteiger partial charge in [0.25, 0.3) is 0 Å². The Morgan fingerprint density at radius 1 is 1.11 bits per heavy atom. The lowest BCUT2D eigenvalue weighted by Crippen LogP contribution is -2.53. The number of carboxylic acids is 1. The van der Waals surface area contributed by atoms with Crippen molar-refractivity contribution in [3.05, 3.63) is 35.4 Å². The van der Waals surface area contributed by atoms with Crippen molar-refractivity contribution in [3.63, 3.8) is 0 Å². The van der Waals surface area contributed by atoms with Gasteiger partial charge in [0.2, 0.25) is 5.91 Å². The number of benzene rings is 1. The number of hydrogen-bond acceptors (Lipinski definition) is 4. The molecule has 1 rings (SSSR count). The average Bonchev–Trinajstić information content (AvgIpc) is 2.51. The molecule has 0 spiro atoms. The van der Waals surface area contributed by atoms with E-state index < -0.39 is 35.7 Å². The maximum atomic E-state index is 12.7. The number of aryl methyl sites for hydroxylation is 1. The number of carbonyl (C=O) groups is 3. The average molecular weight is 392 g/mol. The molecule has 0 aliphatic rings. The molecule has 3 N–H and O–H groups in total. The van der Waals surface area contributed by atoms with Gasteiger partial charge in [0.1, 0.15) is 17.7 Å². The number of carbonyl (C=O) groups excluding carboxylic acids is 2. The third kappa shape index (κ3) is 8.88. The van der Waals surface area contributed by atoms with Crippen LogP contribution in [0.25, 0.3) is 0 Å². The van der Waals surface area contributed by atoms with Crippen molar-refractivity contribution in [3.8, 4) is 0 Å². The summed E-state index contributed by atoms with van der Waals surface area (Å²) in [4.78, 5) is 36.4. The van der Waals surface area contributed by atoms with Gasteiger partial charge in [-0.15, -0.1) is 0 Å². The standard InChI is InChI=1S/C21H32N2O5/c1-13(2)10-16(23-20(27)28-21(4,5)6)18(24)22-17(19(25)26)12-15-9-7-8-14(3)11-15/h7-9,11,13,16-17H,10,12H2,1-6H3,(H,22,24)(H,23,27)(H,25,26)/t16-,17-/m0/s1. The Bertz CT molecular complexity index is 694. The zero-order valence-electron chi connectivity index (χ0n) is 17.5. The van der Waals surface area contributed by atoms with E-state index in [1.165, 1.54) is 0 Å². The Hall–Kier alpha value is -2.57. The highest BCUT2D eigenvalue weighted by Gasteiger charge is 2.28. The van der Waals surface area contributed by atoms with Crippen LogP contribution < -0.4 is 10.6 Å². The first kappa shape index (κ1) is 23.5. The van der Waals surface area contributed by atoms with Crippen molar-refractivity contribution in [2.45, 2.75) is 72.1 Å². The Labute approximate surface area is 166 Å². The fourth-order valence-electron chi connectivity index (χ4n) is 2.70. The van der Waals surface area contributed by atoms with Gasteiger partial charge in [0, 0.05) is 6.42 Å². The van der Waals surface area contributed by atoms with E-state index in [1.807, 2.05) is 45.0 Å². The van der Waals surface area contributed by atoms with E-state index in [2.05, 4.69) is 10.6 Å². The van der Waals surface area contributed by atoms with Crippen LogP contribution in [0.2, 0.25) is 0 Å². The van der Waals surface area contributed by atoms with E-state index in [9.17, 15) is 19.5 Å². The minimum absolute atomic E-state index is 0.116. The van der Waals surface area contributed by atoms with Crippen LogP contribution >= 0.6 is 0 Å². The minimum Gasteiger partial charge on any atom is -0.480 e. The molecule has 2 amide bonds. The molecule has 2 atom stereocenters. The molecule has 0 radical (unpaired) electrons. The molecule has 0 aliphatic heterocycles. The number of rotatable bonds is 8. The summed E-state index contributed by atoms with van der Waals surface area (Å²) in [6.45, 7) is 10.9. The second-order valence-corrected chi connectivity index (χ2v) is 8.42. The van der Waals surface area contributed by atoms with Gasteiger partial charge < -0.3 is 20.5 Å². The quantitative estimate of drug-likeness (QED) is 0.631. The molecular formula is C21H32N2O5. The lowest BCUT2D eigenvalue weighted by atomic mass is 10.0. The lowest BCUT2D eigenvalue weighted by Gasteiger charge is -2.25. The molecule has 7 heteroatoms. The van der Waals surface area contributed by atoms with Crippen LogP contribution in [0.15, 0.2) is 24.3 Å². The summed E-state index contributed by atoms with van der Waals surface area (Å²) in [5, 5.41) is 14.6. The van der Waals surface area contributed by atoms with Crippen molar-refractivity contribution < 1.29 is 24.2 Å². The minimum atomic E-state index is -1.13. The number of nitrogens with one attached hydrogen (secondary N) is 2. The van der Waals surface area contributed by atoms with Crippen molar-refractivity contribution in [2.75, 3.05) is 0 Å². The molecule has 0 fully saturated rings. The number of ether oxygens (including phenoxy) is 1. The monoisotopic (exact) mass is 392 g/mol. The molecule has 28 heavy (non-hydrogen) atoms. The first-order valence-electron chi connectivity index (χ1n) is 9.45. The van der Waals surface area contributed by atoms with Crippen LogP contribution in [0.1, 0.15) is 52.2 Å². The Kier molecular flexibility index (Phi) is 8.47. The number of carboxylic acid groups (broad SMARTS) is 1. The van der Waals surface area contributed by atoms with Crippen LogP contribution in [0, 0.1) is 12.8 Å². The molecule has 7 nitrogen and oxygen atoms in total. The molecule has 0 saturated heterocycles. The Morgan fingerprint density at radius 2 is 1.75 bits per heavy atom. The van der Waals surface area contributed by atoms with E-state index >= 15 is 0 Å². The summed E-state index contributed by atoms with van der Waals surface area (Å²) in [6, 6.07) is 5.49. The largest absolute Gasteiger partial charge is 0.480 e. The maximum Gasteiger partial charge on any atom is 0.408 e. The van der Waals surface area contributed by atoms with Crippen LogP contribution in [-0.4, -0.2) is 40.8 Å². The maximum absolute atomic E-state index is 12.7. The summed E-state index contributed by atoms with van der Waals surface area (Å²) in [5.74, 6) is -1.55. The molecule has 1 aromatic carbocycles. The molecule has 0 saturated carbocycles. The van der Waals surface area contributed by atoms with Crippen molar-refractivity contribution in [1.29, 1.82) is 0 Å². The number of hydrogen-bond donors (Lipinski definition) is 3. The lowest BCUT2D eigenvalue weighted by molar-refractivity contribution is -0.142. The molecular weight excluding hydrogens is 360 g/mol. The second-order valence-electron chi connectivity index (χ2n) is 8.42. The summed E-state index contributed by atoms with van der Waals surface area (Å²) in [7, 11) is 0. The predicted molar refractivity (Wildman–Crippen MR) is 107 cm³/mol. The second kappa shape index (κ2) is 10.1. The topological polar surface area (TPSA) is 105 Å². The van der Waals surface area contributed by atoms with E-state index in [0.717, 1.165) is 11.1 Å². The summed E-state index contributed by atoms with van der Waals surface area (Å²) >= 11 is 0. The summed E-state index contributed by atoms with van der Waals surface area (Å²) in [6.07, 6.45) is -0.190. The highest BCUT2D eigenvalue weighted by atomic mass is 16.6. The Balaban J connectivity index is 2.87. The zero-order chi connectivity index (χ0) is 21.5. The van der Waals surface area contributed by atoms with Crippen molar-refractivity contribution in [1.82, 2.24) is 10.6 Å². The molecule has 0 aromatic heterocycles. The van der Waals surface area contributed by atoms with E-state index in [0.29, 0.717) is 6.42 Å². The third-order valence-electron chi connectivity index (χ3n) is 3.85. The smallest absolute Gasteiger partial charge is 0.408 e. The SMILES string of the molecule is Cc1cccc(C[C@H](NC(=O)[C@H](CC(C)C)NC(=O)OC(C)(C)C)C(=O)O)c1. The van der Waals surface area contributed by atoms with Gasteiger partial charge in [-0.2, -0.15) is 0 Å². The van der Waals surface area contributed by atoms with Gasteiger partial charge >= 0.3 is 12.1 Å². The highest BCUT2D eigenvalue weighted by molar-refractivity contribution is 5.89. The molecule has 1 aromatic rings. The normalized spacial score (nSPS) is 13.5. The third-order valence-corrected chi connectivity index (χ3v) is 3.85. The van der Waals surface area contributed by atoms with Gasteiger partial charge in [-0.05, 0) is 45.6 Å². The van der Waals surface area contributed by atoms with E-state index in [-0.39, 0.29) is 12.3 Å². The van der Waals surface area contributed by atoms with Crippen LogP contribution in [0.3, 0.4) is 0 Å². The Morgan fingerprint density at radius 3 is 2.25 bits per heavy atom. The van der Waals surface area contributed by atoms with E-state index in [1.54, 1.807) is 20.8 Å². The van der Waals surface area contributed by atoms with Crippen LogP contribution in [-0.2, 0) is 20.7 Å². The first-order valence-corrected chi connectivity index (χ1v) is 9.45. The molecule has 0 unspecified atom stereocenters. The van der Waals surface area contributed by atoms with E-state index in [4.69, 9.17) is 4.74 Å².